The number of hydrogen-bond donors (Lipinski definition) is 1. The number of aromatic nitrogens is 1. The molecule has 118 valence electrons. The molecule has 0 saturated carbocycles. The summed E-state index contributed by atoms with van der Waals surface area (Å²) in [4.78, 5) is 18.7. The fourth-order valence-electron chi connectivity index (χ4n) is 3.13. The number of carbonyl (C=O) groups is 1. The molecule has 4 rings (SSSR count). The second-order valence-corrected chi connectivity index (χ2v) is 5.99. The van der Waals surface area contributed by atoms with E-state index in [0.29, 0.717) is 23.7 Å². The van der Waals surface area contributed by atoms with Crippen LogP contribution in [0, 0.1) is 0 Å². The van der Waals surface area contributed by atoms with Crippen molar-refractivity contribution in [2.24, 2.45) is 0 Å². The molecule has 0 radical (unpaired) electrons. The maximum absolute atomic E-state index is 12.4. The molecular weight excluding hydrogens is 290 g/mol. The minimum Gasteiger partial charge on any atom is -0.487 e. The summed E-state index contributed by atoms with van der Waals surface area (Å²) in [7, 11) is 0. The highest BCUT2D eigenvalue weighted by Gasteiger charge is 2.25. The highest BCUT2D eigenvalue weighted by atomic mass is 16.5. The third-order valence-electron chi connectivity index (χ3n) is 4.41. The number of carbonyl (C=O) groups excluding carboxylic acids is 1. The second kappa shape index (κ2) is 5.91. The number of amides is 1. The van der Waals surface area contributed by atoms with Gasteiger partial charge in [0.2, 0.25) is 0 Å². The van der Waals surface area contributed by atoms with E-state index in [9.17, 15) is 4.79 Å². The topological polar surface area (TPSA) is 54.5 Å². The maximum Gasteiger partial charge on any atom is 0.255 e. The molecule has 0 aliphatic carbocycles. The van der Waals surface area contributed by atoms with Crippen LogP contribution in [0.1, 0.15) is 34.8 Å². The van der Waals surface area contributed by atoms with E-state index in [-0.39, 0.29) is 11.9 Å². The summed E-state index contributed by atoms with van der Waals surface area (Å²) >= 11 is 0. The lowest BCUT2D eigenvalue weighted by Gasteiger charge is -2.27. The molecule has 5 heteroatoms. The van der Waals surface area contributed by atoms with Crippen LogP contribution in [0.4, 0.5) is 5.82 Å². The minimum absolute atomic E-state index is 0.0478. The Kier molecular flexibility index (Phi) is 3.61. The average molecular weight is 309 g/mol. The number of likely N-dealkylation sites (tertiary alicyclic amines) is 1. The van der Waals surface area contributed by atoms with Crippen LogP contribution in [-0.4, -0.2) is 35.5 Å². The number of pyridine rings is 1. The van der Waals surface area contributed by atoms with Crippen molar-refractivity contribution >= 4 is 11.7 Å². The van der Waals surface area contributed by atoms with Crippen LogP contribution >= 0.6 is 0 Å². The number of benzene rings is 1. The third kappa shape index (κ3) is 2.74. The molecule has 1 amide bonds. The van der Waals surface area contributed by atoms with Crippen molar-refractivity contribution in [2.75, 3.05) is 25.0 Å². The van der Waals surface area contributed by atoms with E-state index in [0.717, 1.165) is 31.5 Å². The molecular formula is C18H19N3O2. The maximum atomic E-state index is 12.4. The molecule has 5 nitrogen and oxygen atoms in total. The molecule has 1 saturated heterocycles. The highest BCUT2D eigenvalue weighted by molar-refractivity contribution is 5.95. The Morgan fingerprint density at radius 1 is 1.22 bits per heavy atom. The van der Waals surface area contributed by atoms with Crippen molar-refractivity contribution in [1.82, 2.24) is 9.88 Å². The standard InChI is InChI=1S/C18H19N3O2/c22-18(21-8-4-5-9-21)14-10-16-17(19-11-14)20-15(12-23-16)13-6-2-1-3-7-13/h1-3,6-7,10-11,15H,4-5,8-9,12H2,(H,19,20)/t15-/m0/s1. The van der Waals surface area contributed by atoms with Gasteiger partial charge in [-0.2, -0.15) is 0 Å². The number of hydrogen-bond acceptors (Lipinski definition) is 4. The summed E-state index contributed by atoms with van der Waals surface area (Å²) in [6.07, 6.45) is 3.81. The molecule has 0 spiro atoms. The van der Waals surface area contributed by atoms with Crippen molar-refractivity contribution in [3.63, 3.8) is 0 Å². The van der Waals surface area contributed by atoms with Gasteiger partial charge < -0.3 is 15.0 Å². The van der Waals surface area contributed by atoms with Gasteiger partial charge in [-0.25, -0.2) is 4.98 Å². The van der Waals surface area contributed by atoms with Gasteiger partial charge in [-0.05, 0) is 24.5 Å². The number of nitrogens with one attached hydrogen (secondary N) is 1. The van der Waals surface area contributed by atoms with Gasteiger partial charge in [0.1, 0.15) is 6.61 Å². The van der Waals surface area contributed by atoms with Crippen LogP contribution < -0.4 is 10.1 Å². The van der Waals surface area contributed by atoms with E-state index >= 15 is 0 Å². The summed E-state index contributed by atoms with van der Waals surface area (Å²) < 4.78 is 5.85. The molecule has 1 N–H and O–H groups in total. The zero-order valence-corrected chi connectivity index (χ0v) is 12.9. The quantitative estimate of drug-likeness (QED) is 0.927. The SMILES string of the molecule is O=C(c1cnc2c(c1)OC[C@@H](c1ccccc1)N2)N1CCCC1. The van der Waals surface area contributed by atoms with Gasteiger partial charge in [-0.1, -0.05) is 30.3 Å². The Labute approximate surface area is 135 Å². The van der Waals surface area contributed by atoms with E-state index in [1.165, 1.54) is 0 Å². The van der Waals surface area contributed by atoms with E-state index in [2.05, 4.69) is 22.4 Å². The first-order valence-electron chi connectivity index (χ1n) is 8.05. The van der Waals surface area contributed by atoms with Gasteiger partial charge in [-0.3, -0.25) is 4.79 Å². The zero-order valence-electron chi connectivity index (χ0n) is 12.9. The van der Waals surface area contributed by atoms with Crippen LogP contribution in [0.5, 0.6) is 5.75 Å². The van der Waals surface area contributed by atoms with E-state index in [1.807, 2.05) is 23.1 Å². The first-order chi connectivity index (χ1) is 11.3. The average Bonchev–Trinajstić information content (AvgIpc) is 3.15. The summed E-state index contributed by atoms with van der Waals surface area (Å²) in [5, 5.41) is 3.39. The minimum atomic E-state index is 0.0478. The Bertz CT molecular complexity index is 711. The third-order valence-corrected chi connectivity index (χ3v) is 4.41. The Morgan fingerprint density at radius 2 is 2.00 bits per heavy atom. The monoisotopic (exact) mass is 309 g/mol. The molecule has 2 aliphatic heterocycles. The number of anilines is 1. The smallest absolute Gasteiger partial charge is 0.255 e. The lowest BCUT2D eigenvalue weighted by atomic mass is 10.1. The zero-order chi connectivity index (χ0) is 15.6. The van der Waals surface area contributed by atoms with Crippen LogP contribution in [0.2, 0.25) is 0 Å². The van der Waals surface area contributed by atoms with Gasteiger partial charge in [0, 0.05) is 19.3 Å². The van der Waals surface area contributed by atoms with Gasteiger partial charge in [-0.15, -0.1) is 0 Å². The molecule has 1 aromatic heterocycles. The van der Waals surface area contributed by atoms with Gasteiger partial charge in [0.25, 0.3) is 5.91 Å². The van der Waals surface area contributed by atoms with Crippen molar-refractivity contribution in [3.8, 4) is 5.75 Å². The summed E-state index contributed by atoms with van der Waals surface area (Å²) in [5.41, 5.74) is 1.77. The predicted molar refractivity (Wildman–Crippen MR) is 87.7 cm³/mol. The lowest BCUT2D eigenvalue weighted by molar-refractivity contribution is 0.0792. The highest BCUT2D eigenvalue weighted by Crippen LogP contribution is 2.32. The van der Waals surface area contributed by atoms with Crippen LogP contribution in [0.25, 0.3) is 0 Å². The number of fused-ring (bicyclic) bond motifs is 1. The van der Waals surface area contributed by atoms with Gasteiger partial charge >= 0.3 is 0 Å². The first-order valence-corrected chi connectivity index (χ1v) is 8.05. The number of nitrogens with zero attached hydrogens (tertiary/aromatic N) is 2. The van der Waals surface area contributed by atoms with Crippen molar-refractivity contribution in [1.29, 1.82) is 0 Å². The van der Waals surface area contributed by atoms with Crippen LogP contribution in [-0.2, 0) is 0 Å². The van der Waals surface area contributed by atoms with E-state index < -0.39 is 0 Å². The van der Waals surface area contributed by atoms with Crippen LogP contribution in [0.15, 0.2) is 42.6 Å². The number of rotatable bonds is 2. The van der Waals surface area contributed by atoms with Gasteiger partial charge in [0.15, 0.2) is 11.6 Å². The van der Waals surface area contributed by atoms with Crippen molar-refractivity contribution in [2.45, 2.75) is 18.9 Å². The molecule has 3 heterocycles. The Balaban J connectivity index is 1.54. The molecule has 0 bridgehead atoms. The summed E-state index contributed by atoms with van der Waals surface area (Å²) in [6.45, 7) is 2.20. The second-order valence-electron chi connectivity index (χ2n) is 5.99. The first kappa shape index (κ1) is 14.1. The lowest BCUT2D eigenvalue weighted by Crippen LogP contribution is -2.29. The summed E-state index contributed by atoms with van der Waals surface area (Å²) in [6, 6.07) is 12.0. The van der Waals surface area contributed by atoms with E-state index in [1.54, 1.807) is 12.3 Å². The van der Waals surface area contributed by atoms with Crippen molar-refractivity contribution < 1.29 is 9.53 Å². The summed E-state index contributed by atoms with van der Waals surface area (Å²) in [5.74, 6) is 1.40. The normalized spacial score (nSPS) is 19.7. The number of ether oxygens (including phenoxy) is 1. The molecule has 1 atom stereocenters. The Hall–Kier alpha value is -2.56. The fraction of sp³-hybridized carbons (Fsp3) is 0.333. The molecule has 0 unspecified atom stereocenters. The largest absolute Gasteiger partial charge is 0.487 e. The molecule has 1 fully saturated rings. The molecule has 23 heavy (non-hydrogen) atoms. The molecule has 2 aliphatic rings. The molecule has 2 aromatic rings. The van der Waals surface area contributed by atoms with Crippen LogP contribution in [0.3, 0.4) is 0 Å². The molecule has 1 aromatic carbocycles. The van der Waals surface area contributed by atoms with E-state index in [4.69, 9.17) is 4.74 Å². The van der Waals surface area contributed by atoms with Gasteiger partial charge in [0.05, 0.1) is 11.6 Å². The predicted octanol–water partition coefficient (Wildman–Crippen LogP) is 2.86. The van der Waals surface area contributed by atoms with Crippen molar-refractivity contribution in [3.05, 3.63) is 53.7 Å². The fourth-order valence-corrected chi connectivity index (χ4v) is 3.13. The Morgan fingerprint density at radius 3 is 2.78 bits per heavy atom.